The lowest BCUT2D eigenvalue weighted by Gasteiger charge is -2.14. The molecule has 0 bridgehead atoms. The second-order valence-electron chi connectivity index (χ2n) is 7.24. The number of hydrogen-bond donors (Lipinski definition) is 3. The van der Waals surface area contributed by atoms with Crippen molar-refractivity contribution in [3.05, 3.63) is 57.3 Å². The van der Waals surface area contributed by atoms with Crippen molar-refractivity contribution < 1.29 is 18.1 Å². The highest BCUT2D eigenvalue weighted by Gasteiger charge is 2.30. The van der Waals surface area contributed by atoms with Gasteiger partial charge in [-0.05, 0) is 31.9 Å². The highest BCUT2D eigenvalue weighted by atomic mass is 32.2. The minimum atomic E-state index is -4.02. The van der Waals surface area contributed by atoms with Gasteiger partial charge in [-0.1, -0.05) is 69.4 Å². The van der Waals surface area contributed by atoms with Gasteiger partial charge in [-0.3, -0.25) is 9.35 Å². The normalized spacial score (nSPS) is 14.0. The van der Waals surface area contributed by atoms with Crippen LogP contribution in [0.3, 0.4) is 0 Å². The number of aliphatic hydroxyl groups is 1. The summed E-state index contributed by atoms with van der Waals surface area (Å²) in [6.45, 7) is 6.06. The average molecular weight is 424 g/mol. The molecule has 4 N–H and O–H groups in total. The van der Waals surface area contributed by atoms with E-state index in [1.54, 1.807) is 12.1 Å². The van der Waals surface area contributed by atoms with E-state index < -0.39 is 16.2 Å². The summed E-state index contributed by atoms with van der Waals surface area (Å²) in [5.41, 5.74) is 8.03. The van der Waals surface area contributed by atoms with Crippen molar-refractivity contribution in [3.8, 4) is 0 Å². The number of aliphatic hydroxyl groups excluding tert-OH is 1. The van der Waals surface area contributed by atoms with Gasteiger partial charge in [-0.15, -0.1) is 0 Å². The molecular formula is C22H33NO5S. The Labute approximate surface area is 173 Å². The Morgan fingerprint density at radius 2 is 1.69 bits per heavy atom. The summed E-state index contributed by atoms with van der Waals surface area (Å²) in [6, 6.07) is 5.67. The third-order valence-corrected chi connectivity index (χ3v) is 5.50. The standard InChI is InChI=1S/C15H25NO2.C7H8O3S/c1-3-5-7-8-9-11-13(14(11)17)15(18)12(16)10-6-4-2;1-6-2-4-7(5-3-6)11(8,9)10/h8-9,12,15,18H,3-7,10,16H2,1-2H3;2-5H,1H3,(H,8,9,10)/b9-8-;/t12-,15+;/m0./s1. The Morgan fingerprint density at radius 1 is 1.10 bits per heavy atom. The fraction of sp³-hybridized carbons (Fsp3) is 0.500. The number of nitrogens with two attached hydrogens (primary N) is 1. The van der Waals surface area contributed by atoms with E-state index in [1.165, 1.54) is 12.1 Å². The second-order valence-corrected chi connectivity index (χ2v) is 8.66. The van der Waals surface area contributed by atoms with Gasteiger partial charge >= 0.3 is 0 Å². The van der Waals surface area contributed by atoms with Gasteiger partial charge in [0.05, 0.1) is 11.0 Å². The fourth-order valence-electron chi connectivity index (χ4n) is 2.70. The Kier molecular flexibility index (Phi) is 10.5. The van der Waals surface area contributed by atoms with Crippen LogP contribution in [0.1, 0.15) is 75.2 Å². The van der Waals surface area contributed by atoms with Gasteiger partial charge in [-0.25, -0.2) is 0 Å². The SMILES string of the molecule is CCCC/C=C\c1c([C@H](O)[C@@H](N)CCCC)c1=O.Cc1ccc(S(=O)(=O)O)cc1. The molecule has 2 atom stereocenters. The average Bonchev–Trinajstić information content (AvgIpc) is 3.32. The molecule has 0 saturated heterocycles. The molecule has 0 heterocycles. The van der Waals surface area contributed by atoms with Crippen LogP contribution in [0.15, 0.2) is 40.0 Å². The third kappa shape index (κ3) is 8.62. The molecule has 162 valence electrons. The third-order valence-electron chi connectivity index (χ3n) is 4.64. The maximum Gasteiger partial charge on any atom is 0.294 e. The summed E-state index contributed by atoms with van der Waals surface area (Å²) in [6.07, 6.45) is 9.13. The highest BCUT2D eigenvalue weighted by molar-refractivity contribution is 7.85. The largest absolute Gasteiger partial charge is 0.387 e. The summed E-state index contributed by atoms with van der Waals surface area (Å²) in [5.74, 6) is 0. The topological polar surface area (TPSA) is 118 Å². The first kappa shape index (κ1) is 25.2. The molecule has 0 unspecified atom stereocenters. The predicted octanol–water partition coefficient (Wildman–Crippen LogP) is 3.92. The van der Waals surface area contributed by atoms with Crippen LogP contribution >= 0.6 is 0 Å². The maximum absolute atomic E-state index is 11.6. The fourth-order valence-corrected chi connectivity index (χ4v) is 3.18. The van der Waals surface area contributed by atoms with Crippen molar-refractivity contribution in [2.24, 2.45) is 5.73 Å². The molecule has 0 radical (unpaired) electrons. The Bertz CT molecular complexity index is 877. The zero-order valence-electron chi connectivity index (χ0n) is 17.5. The van der Waals surface area contributed by atoms with Crippen LogP contribution in [0.5, 0.6) is 0 Å². The minimum Gasteiger partial charge on any atom is -0.387 e. The van der Waals surface area contributed by atoms with Gasteiger partial charge in [0.25, 0.3) is 10.1 Å². The van der Waals surface area contributed by atoms with E-state index in [0.717, 1.165) is 44.1 Å². The lowest BCUT2D eigenvalue weighted by molar-refractivity contribution is 0.144. The van der Waals surface area contributed by atoms with Gasteiger partial charge in [0.2, 0.25) is 0 Å². The lowest BCUT2D eigenvalue weighted by Crippen LogP contribution is -2.27. The second kappa shape index (κ2) is 12.0. The number of benzene rings is 1. The van der Waals surface area contributed by atoms with E-state index in [-0.39, 0.29) is 16.4 Å². The number of aryl methyl sites for hydroxylation is 1. The summed E-state index contributed by atoms with van der Waals surface area (Å²) < 4.78 is 29.6. The first-order valence-electron chi connectivity index (χ1n) is 10.1. The number of unbranched alkanes of at least 4 members (excludes halogenated alkanes) is 3. The van der Waals surface area contributed by atoms with Crippen molar-refractivity contribution in [3.63, 3.8) is 0 Å². The van der Waals surface area contributed by atoms with Crippen LogP contribution < -0.4 is 11.2 Å². The molecule has 29 heavy (non-hydrogen) atoms. The molecule has 0 aliphatic rings. The first-order chi connectivity index (χ1) is 13.6. The molecule has 0 fully saturated rings. The van der Waals surface area contributed by atoms with E-state index in [0.29, 0.717) is 11.1 Å². The van der Waals surface area contributed by atoms with E-state index in [9.17, 15) is 18.3 Å². The Hall–Kier alpha value is -1.80. The number of hydrogen-bond acceptors (Lipinski definition) is 5. The quantitative estimate of drug-likeness (QED) is 0.394. The molecule has 0 saturated carbocycles. The Balaban J connectivity index is 0.000000326. The van der Waals surface area contributed by atoms with Crippen LogP contribution in [0.4, 0.5) is 0 Å². The van der Waals surface area contributed by atoms with E-state index in [1.807, 2.05) is 19.1 Å². The molecule has 0 amide bonds. The lowest BCUT2D eigenvalue weighted by atomic mass is 10.0. The molecule has 0 aromatic heterocycles. The molecule has 0 spiro atoms. The molecular weight excluding hydrogens is 390 g/mol. The molecule has 0 aliphatic heterocycles. The zero-order valence-corrected chi connectivity index (χ0v) is 18.3. The van der Waals surface area contributed by atoms with Gasteiger partial charge in [0.15, 0.2) is 5.43 Å². The van der Waals surface area contributed by atoms with Gasteiger partial charge in [0.1, 0.15) is 0 Å². The van der Waals surface area contributed by atoms with Crippen LogP contribution in [-0.4, -0.2) is 24.1 Å². The molecule has 0 aliphatic carbocycles. The van der Waals surface area contributed by atoms with Crippen molar-refractivity contribution in [2.45, 2.75) is 76.3 Å². The van der Waals surface area contributed by atoms with Crippen molar-refractivity contribution >= 4 is 16.2 Å². The van der Waals surface area contributed by atoms with Crippen LogP contribution in [0.2, 0.25) is 0 Å². The first-order valence-corrected chi connectivity index (χ1v) is 11.5. The molecule has 6 nitrogen and oxygen atoms in total. The van der Waals surface area contributed by atoms with Crippen molar-refractivity contribution in [1.29, 1.82) is 0 Å². The summed E-state index contributed by atoms with van der Waals surface area (Å²) in [5, 5.41) is 9.99. The smallest absolute Gasteiger partial charge is 0.294 e. The maximum atomic E-state index is 11.6. The van der Waals surface area contributed by atoms with Gasteiger partial charge in [-0.2, -0.15) is 8.42 Å². The van der Waals surface area contributed by atoms with Gasteiger partial charge < -0.3 is 10.8 Å². The highest BCUT2D eigenvalue weighted by Crippen LogP contribution is 2.25. The predicted molar refractivity (Wildman–Crippen MR) is 117 cm³/mol. The molecule has 2 rings (SSSR count). The number of rotatable bonds is 10. The van der Waals surface area contributed by atoms with Crippen molar-refractivity contribution in [2.75, 3.05) is 0 Å². The summed E-state index contributed by atoms with van der Waals surface area (Å²) >= 11 is 0. The molecule has 2 aromatic rings. The Morgan fingerprint density at radius 3 is 2.21 bits per heavy atom. The van der Waals surface area contributed by atoms with Crippen LogP contribution in [-0.2, 0) is 10.1 Å². The van der Waals surface area contributed by atoms with Crippen LogP contribution in [0, 0.1) is 6.92 Å². The molecule has 2 aromatic carbocycles. The zero-order chi connectivity index (χ0) is 22.0. The van der Waals surface area contributed by atoms with E-state index in [4.69, 9.17) is 10.3 Å². The summed E-state index contributed by atoms with van der Waals surface area (Å²) in [4.78, 5) is 11.5. The van der Waals surface area contributed by atoms with Crippen LogP contribution in [0.25, 0.3) is 6.08 Å². The van der Waals surface area contributed by atoms with E-state index in [2.05, 4.69) is 13.8 Å². The molecule has 7 heteroatoms. The monoisotopic (exact) mass is 423 g/mol. The van der Waals surface area contributed by atoms with E-state index >= 15 is 0 Å². The summed E-state index contributed by atoms with van der Waals surface area (Å²) in [7, 11) is -4.02. The number of allylic oxidation sites excluding steroid dienone is 1. The minimum absolute atomic E-state index is 0.0119. The van der Waals surface area contributed by atoms with Crippen molar-refractivity contribution in [1.82, 2.24) is 0 Å². The van der Waals surface area contributed by atoms with Gasteiger partial charge in [0, 0.05) is 17.2 Å².